The third kappa shape index (κ3) is 2.57. The lowest BCUT2D eigenvalue weighted by Gasteiger charge is -2.06. The summed E-state index contributed by atoms with van der Waals surface area (Å²) >= 11 is 9.56. The van der Waals surface area contributed by atoms with Crippen LogP contribution in [0, 0.1) is 0 Å². The minimum Gasteiger partial charge on any atom is -0.396 e. The molecular formula is C7H8ClIOS. The lowest BCUT2D eigenvalue weighted by atomic mass is 10.2. The number of aliphatic hydroxyl groups excluding tert-OH is 1. The second-order valence-electron chi connectivity index (χ2n) is 2.18. The van der Waals surface area contributed by atoms with E-state index in [1.165, 1.54) is 4.88 Å². The molecule has 0 amide bonds. The van der Waals surface area contributed by atoms with E-state index in [-0.39, 0.29) is 12.5 Å². The van der Waals surface area contributed by atoms with Gasteiger partial charge in [-0.1, -0.05) is 34.2 Å². The van der Waals surface area contributed by atoms with E-state index in [9.17, 15) is 0 Å². The second-order valence-corrected chi connectivity index (χ2v) is 4.80. The van der Waals surface area contributed by atoms with Crippen molar-refractivity contribution in [3.05, 3.63) is 21.3 Å². The number of thiophene rings is 1. The topological polar surface area (TPSA) is 20.2 Å². The number of hydrogen-bond donors (Lipinski definition) is 1. The zero-order valence-corrected chi connectivity index (χ0v) is 9.49. The van der Waals surface area contributed by atoms with Crippen LogP contribution in [0.1, 0.15) is 10.8 Å². The smallest absolute Gasteiger partial charge is 0.0931 e. The van der Waals surface area contributed by atoms with Crippen LogP contribution < -0.4 is 0 Å². The maximum atomic E-state index is 8.95. The Morgan fingerprint density at radius 1 is 1.64 bits per heavy atom. The minimum atomic E-state index is 0.208. The molecule has 0 aromatic carbocycles. The Labute approximate surface area is 88.5 Å². The van der Waals surface area contributed by atoms with Crippen molar-refractivity contribution in [2.75, 3.05) is 11.0 Å². The van der Waals surface area contributed by atoms with Gasteiger partial charge in [-0.3, -0.25) is 0 Å². The number of hydrogen-bond acceptors (Lipinski definition) is 2. The molecule has 1 aromatic rings. The molecule has 0 radical (unpaired) electrons. The molecule has 62 valence electrons. The van der Waals surface area contributed by atoms with Crippen LogP contribution in [0.3, 0.4) is 0 Å². The fourth-order valence-electron chi connectivity index (χ4n) is 0.763. The summed E-state index contributed by atoms with van der Waals surface area (Å²) in [5, 5.41) is 8.95. The van der Waals surface area contributed by atoms with E-state index in [1.807, 2.05) is 12.1 Å². The summed E-state index contributed by atoms with van der Waals surface area (Å²) in [5.41, 5.74) is 0. The largest absolute Gasteiger partial charge is 0.396 e. The van der Waals surface area contributed by atoms with Crippen molar-refractivity contribution in [2.45, 2.75) is 5.92 Å². The minimum absolute atomic E-state index is 0.208. The first-order valence-corrected chi connectivity index (χ1v) is 5.92. The van der Waals surface area contributed by atoms with Gasteiger partial charge < -0.3 is 5.11 Å². The maximum absolute atomic E-state index is 8.95. The molecule has 0 aliphatic carbocycles. The van der Waals surface area contributed by atoms with Gasteiger partial charge in [-0.15, -0.1) is 11.3 Å². The van der Waals surface area contributed by atoms with E-state index in [0.29, 0.717) is 0 Å². The fourth-order valence-corrected chi connectivity index (χ4v) is 2.97. The highest BCUT2D eigenvalue weighted by molar-refractivity contribution is 14.1. The predicted octanol–water partition coefficient (Wildman–Crippen LogP) is 2.91. The van der Waals surface area contributed by atoms with Crippen LogP contribution in [0.4, 0.5) is 0 Å². The third-order valence-corrected chi connectivity index (χ3v) is 3.86. The molecule has 1 unspecified atom stereocenters. The Hall–Kier alpha value is 0.680. The third-order valence-electron chi connectivity index (χ3n) is 1.40. The van der Waals surface area contributed by atoms with E-state index in [4.69, 9.17) is 16.7 Å². The molecule has 0 aliphatic heterocycles. The molecule has 0 fully saturated rings. The molecule has 11 heavy (non-hydrogen) atoms. The molecular weight excluding hydrogens is 294 g/mol. The molecule has 1 aromatic heterocycles. The number of alkyl halides is 1. The summed E-state index contributed by atoms with van der Waals surface area (Å²) in [4.78, 5) is 1.17. The van der Waals surface area contributed by atoms with Gasteiger partial charge >= 0.3 is 0 Å². The molecule has 0 saturated carbocycles. The molecule has 1 nitrogen and oxygen atoms in total. The van der Waals surface area contributed by atoms with E-state index < -0.39 is 0 Å². The molecule has 1 heterocycles. The van der Waals surface area contributed by atoms with Crippen molar-refractivity contribution in [1.29, 1.82) is 0 Å². The Bertz CT molecular complexity index is 222. The lowest BCUT2D eigenvalue weighted by molar-refractivity contribution is 0.277. The predicted molar refractivity (Wildman–Crippen MR) is 58.0 cm³/mol. The van der Waals surface area contributed by atoms with Gasteiger partial charge in [-0.05, 0) is 12.1 Å². The summed E-state index contributed by atoms with van der Waals surface area (Å²) in [7, 11) is 0. The van der Waals surface area contributed by atoms with Crippen LogP contribution in [-0.4, -0.2) is 16.1 Å². The van der Waals surface area contributed by atoms with Gasteiger partial charge in [0.05, 0.1) is 10.9 Å². The molecule has 0 saturated heterocycles. The Morgan fingerprint density at radius 3 is 2.73 bits per heavy atom. The van der Waals surface area contributed by atoms with Gasteiger partial charge in [0.1, 0.15) is 0 Å². The molecule has 0 aliphatic rings. The maximum Gasteiger partial charge on any atom is 0.0931 e. The van der Waals surface area contributed by atoms with Crippen molar-refractivity contribution >= 4 is 45.5 Å². The van der Waals surface area contributed by atoms with Crippen LogP contribution in [0.25, 0.3) is 0 Å². The first-order valence-electron chi connectivity index (χ1n) is 3.20. The lowest BCUT2D eigenvalue weighted by Crippen LogP contribution is -2.02. The summed E-state index contributed by atoms with van der Waals surface area (Å²) in [6.45, 7) is 0.208. The van der Waals surface area contributed by atoms with E-state index >= 15 is 0 Å². The van der Waals surface area contributed by atoms with Crippen LogP contribution in [-0.2, 0) is 0 Å². The highest BCUT2D eigenvalue weighted by atomic mass is 127. The molecule has 4 heteroatoms. The van der Waals surface area contributed by atoms with Crippen molar-refractivity contribution < 1.29 is 5.11 Å². The van der Waals surface area contributed by atoms with Crippen molar-refractivity contribution in [1.82, 2.24) is 0 Å². The number of halogens is 2. The van der Waals surface area contributed by atoms with Crippen LogP contribution in [0.2, 0.25) is 4.34 Å². The van der Waals surface area contributed by atoms with Gasteiger partial charge in [-0.2, -0.15) is 0 Å². The average Bonchev–Trinajstić information content (AvgIpc) is 2.39. The van der Waals surface area contributed by atoms with E-state index in [0.717, 1.165) is 8.76 Å². The number of rotatable bonds is 3. The van der Waals surface area contributed by atoms with Gasteiger partial charge in [0.25, 0.3) is 0 Å². The monoisotopic (exact) mass is 302 g/mol. The van der Waals surface area contributed by atoms with Crippen molar-refractivity contribution in [3.63, 3.8) is 0 Å². The number of aliphatic hydroxyl groups is 1. The molecule has 0 spiro atoms. The second kappa shape index (κ2) is 4.64. The Morgan fingerprint density at radius 2 is 2.36 bits per heavy atom. The molecule has 1 rings (SSSR count). The quantitative estimate of drug-likeness (QED) is 0.672. The fraction of sp³-hybridized carbons (Fsp3) is 0.429. The summed E-state index contributed by atoms with van der Waals surface area (Å²) in [6, 6.07) is 3.85. The highest BCUT2D eigenvalue weighted by Gasteiger charge is 2.10. The first-order chi connectivity index (χ1) is 5.27. The summed E-state index contributed by atoms with van der Waals surface area (Å²) in [6.07, 6.45) is 0. The zero-order chi connectivity index (χ0) is 8.27. The van der Waals surface area contributed by atoms with E-state index in [1.54, 1.807) is 11.3 Å². The van der Waals surface area contributed by atoms with Crippen LogP contribution in [0.15, 0.2) is 12.1 Å². The molecule has 0 bridgehead atoms. The zero-order valence-electron chi connectivity index (χ0n) is 5.76. The molecule has 1 N–H and O–H groups in total. The summed E-state index contributed by atoms with van der Waals surface area (Å²) < 4.78 is 1.73. The SMILES string of the molecule is OCC(CI)c1ccc(Cl)s1. The van der Waals surface area contributed by atoms with Gasteiger partial charge in [0, 0.05) is 15.2 Å². The van der Waals surface area contributed by atoms with Gasteiger partial charge in [0.15, 0.2) is 0 Å². The van der Waals surface area contributed by atoms with Gasteiger partial charge in [-0.25, -0.2) is 0 Å². The average molecular weight is 303 g/mol. The highest BCUT2D eigenvalue weighted by Crippen LogP contribution is 2.28. The van der Waals surface area contributed by atoms with Gasteiger partial charge in [0.2, 0.25) is 0 Å². The Balaban J connectivity index is 2.73. The normalized spacial score (nSPS) is 13.4. The van der Waals surface area contributed by atoms with E-state index in [2.05, 4.69) is 22.6 Å². The van der Waals surface area contributed by atoms with Crippen LogP contribution in [0.5, 0.6) is 0 Å². The van der Waals surface area contributed by atoms with Crippen molar-refractivity contribution in [2.24, 2.45) is 0 Å². The van der Waals surface area contributed by atoms with Crippen molar-refractivity contribution in [3.8, 4) is 0 Å². The van der Waals surface area contributed by atoms with Crippen LogP contribution >= 0.6 is 45.5 Å². The first kappa shape index (κ1) is 9.77. The Kier molecular flexibility index (Phi) is 4.12. The standard InChI is InChI=1S/C7H8ClIOS/c8-7-2-1-6(11-7)5(3-9)4-10/h1-2,5,10H,3-4H2. The summed E-state index contributed by atoms with van der Waals surface area (Å²) in [5.74, 6) is 0.257. The molecule has 1 atom stereocenters.